The molecule has 0 saturated carbocycles. The van der Waals surface area contributed by atoms with Crippen LogP contribution < -0.4 is 5.32 Å². The summed E-state index contributed by atoms with van der Waals surface area (Å²) in [5, 5.41) is 8.79. The van der Waals surface area contributed by atoms with Gasteiger partial charge in [0, 0.05) is 21.8 Å². The lowest BCUT2D eigenvalue weighted by Crippen LogP contribution is -2.13. The fourth-order valence-electron chi connectivity index (χ4n) is 2.41. The van der Waals surface area contributed by atoms with E-state index in [2.05, 4.69) is 10.4 Å². The number of nitrogens with zero attached hydrogens (tertiary/aromatic N) is 2. The Morgan fingerprint density at radius 2 is 1.85 bits per heavy atom. The first-order valence-corrected chi connectivity index (χ1v) is 9.10. The number of halogens is 4. The lowest BCUT2D eigenvalue weighted by molar-refractivity contribution is 0.102. The maximum absolute atomic E-state index is 12.4. The highest BCUT2D eigenvalue weighted by Gasteiger charge is 2.15. The molecule has 4 nitrogen and oxygen atoms in total. The van der Waals surface area contributed by atoms with E-state index in [4.69, 9.17) is 46.4 Å². The van der Waals surface area contributed by atoms with Crippen molar-refractivity contribution in [3.63, 3.8) is 0 Å². The summed E-state index contributed by atoms with van der Waals surface area (Å²) in [5.74, 6) is 0.0281. The molecule has 0 spiro atoms. The Kier molecular flexibility index (Phi) is 5.78. The average molecular weight is 429 g/mol. The number of carbonyl (C=O) groups is 1. The van der Waals surface area contributed by atoms with E-state index in [1.807, 2.05) is 13.0 Å². The van der Waals surface area contributed by atoms with Crippen molar-refractivity contribution in [2.75, 3.05) is 5.32 Å². The topological polar surface area (TPSA) is 46.9 Å². The molecule has 26 heavy (non-hydrogen) atoms. The molecule has 0 fully saturated rings. The first kappa shape index (κ1) is 19.1. The quantitative estimate of drug-likeness (QED) is 0.545. The average Bonchev–Trinajstić information content (AvgIpc) is 2.92. The summed E-state index contributed by atoms with van der Waals surface area (Å²) in [7, 11) is 0. The van der Waals surface area contributed by atoms with Crippen molar-refractivity contribution in [3.05, 3.63) is 79.4 Å². The number of aromatic nitrogens is 2. The molecular weight excluding hydrogens is 416 g/mol. The molecule has 1 heterocycles. The van der Waals surface area contributed by atoms with Gasteiger partial charge in [-0.1, -0.05) is 58.5 Å². The first-order valence-electron chi connectivity index (χ1n) is 7.59. The van der Waals surface area contributed by atoms with Gasteiger partial charge in [-0.15, -0.1) is 0 Å². The van der Waals surface area contributed by atoms with E-state index in [9.17, 15) is 4.79 Å². The number of rotatable bonds is 4. The van der Waals surface area contributed by atoms with Gasteiger partial charge in [0.2, 0.25) is 0 Å². The Balaban J connectivity index is 1.79. The summed E-state index contributed by atoms with van der Waals surface area (Å²) in [4.78, 5) is 12.4. The zero-order valence-corrected chi connectivity index (χ0v) is 16.6. The SMILES string of the molecule is Cc1cc(NC(=O)c2cccc(Cl)c2Cl)nn1Cc1ccc(Cl)cc1Cl. The summed E-state index contributed by atoms with van der Waals surface area (Å²) in [6.45, 7) is 2.34. The third kappa shape index (κ3) is 4.15. The smallest absolute Gasteiger partial charge is 0.258 e. The summed E-state index contributed by atoms with van der Waals surface area (Å²) in [6.07, 6.45) is 0. The molecule has 1 amide bonds. The third-order valence-electron chi connectivity index (χ3n) is 3.75. The van der Waals surface area contributed by atoms with Crippen molar-refractivity contribution in [1.29, 1.82) is 0 Å². The van der Waals surface area contributed by atoms with Gasteiger partial charge in [-0.25, -0.2) is 0 Å². The second-order valence-electron chi connectivity index (χ2n) is 5.62. The second-order valence-corrected chi connectivity index (χ2v) is 7.25. The molecule has 0 unspecified atom stereocenters. The molecule has 0 aliphatic carbocycles. The van der Waals surface area contributed by atoms with Crippen molar-refractivity contribution >= 4 is 58.1 Å². The number of hydrogen-bond donors (Lipinski definition) is 1. The van der Waals surface area contributed by atoms with Crippen LogP contribution in [-0.4, -0.2) is 15.7 Å². The second kappa shape index (κ2) is 7.89. The molecule has 2 aromatic carbocycles. The van der Waals surface area contributed by atoms with Crippen molar-refractivity contribution in [3.8, 4) is 0 Å². The van der Waals surface area contributed by atoms with Gasteiger partial charge in [0.05, 0.1) is 22.2 Å². The Morgan fingerprint density at radius 3 is 2.58 bits per heavy atom. The number of benzene rings is 2. The van der Waals surface area contributed by atoms with Gasteiger partial charge in [-0.3, -0.25) is 9.48 Å². The molecular formula is C18H13Cl4N3O. The lowest BCUT2D eigenvalue weighted by atomic mass is 10.2. The highest BCUT2D eigenvalue weighted by molar-refractivity contribution is 6.44. The number of aryl methyl sites for hydroxylation is 1. The standard InChI is InChI=1S/C18H13Cl4N3O/c1-10-7-16(23-18(26)13-3-2-4-14(20)17(13)22)24-25(10)9-11-5-6-12(19)8-15(11)21/h2-8H,9H2,1H3,(H,23,24,26). The largest absolute Gasteiger partial charge is 0.305 e. The van der Waals surface area contributed by atoms with Gasteiger partial charge in [0.25, 0.3) is 5.91 Å². The molecule has 134 valence electrons. The fourth-order valence-corrected chi connectivity index (χ4v) is 3.26. The van der Waals surface area contributed by atoms with E-state index < -0.39 is 0 Å². The summed E-state index contributed by atoms with van der Waals surface area (Å²) in [5.41, 5.74) is 2.02. The van der Waals surface area contributed by atoms with E-state index in [-0.39, 0.29) is 16.5 Å². The van der Waals surface area contributed by atoms with Gasteiger partial charge in [-0.05, 0) is 36.8 Å². The molecule has 0 radical (unpaired) electrons. The molecule has 0 saturated heterocycles. The summed E-state index contributed by atoms with van der Waals surface area (Å²) >= 11 is 24.2. The van der Waals surface area contributed by atoms with Crippen LogP contribution in [0.15, 0.2) is 42.5 Å². The fraction of sp³-hybridized carbons (Fsp3) is 0.111. The predicted octanol–water partition coefficient (Wildman–Crippen LogP) is 6.11. The molecule has 3 rings (SSSR count). The van der Waals surface area contributed by atoms with Crippen LogP contribution in [-0.2, 0) is 6.54 Å². The predicted molar refractivity (Wildman–Crippen MR) is 107 cm³/mol. The minimum Gasteiger partial charge on any atom is -0.305 e. The van der Waals surface area contributed by atoms with E-state index in [0.29, 0.717) is 27.4 Å². The minimum absolute atomic E-state index is 0.204. The third-order valence-corrected chi connectivity index (χ3v) is 5.16. The maximum atomic E-state index is 12.4. The number of amides is 1. The van der Waals surface area contributed by atoms with E-state index >= 15 is 0 Å². The first-order chi connectivity index (χ1) is 12.3. The van der Waals surface area contributed by atoms with Crippen molar-refractivity contribution < 1.29 is 4.79 Å². The number of nitrogens with one attached hydrogen (secondary N) is 1. The van der Waals surface area contributed by atoms with Crippen LogP contribution in [0.5, 0.6) is 0 Å². The van der Waals surface area contributed by atoms with Crippen molar-refractivity contribution in [2.45, 2.75) is 13.5 Å². The molecule has 8 heteroatoms. The zero-order chi connectivity index (χ0) is 18.8. The Bertz CT molecular complexity index is 985. The van der Waals surface area contributed by atoms with Crippen LogP contribution in [0.1, 0.15) is 21.6 Å². The lowest BCUT2D eigenvalue weighted by Gasteiger charge is -2.07. The number of anilines is 1. The minimum atomic E-state index is -0.383. The molecule has 0 atom stereocenters. The molecule has 0 aliphatic heterocycles. The summed E-state index contributed by atoms with van der Waals surface area (Å²) < 4.78 is 1.74. The van der Waals surface area contributed by atoms with E-state index in [1.54, 1.807) is 41.1 Å². The Labute approximate surface area is 170 Å². The maximum Gasteiger partial charge on any atom is 0.258 e. The van der Waals surface area contributed by atoms with Crippen LogP contribution in [0.4, 0.5) is 5.82 Å². The monoisotopic (exact) mass is 427 g/mol. The zero-order valence-electron chi connectivity index (χ0n) is 13.6. The molecule has 3 aromatic rings. The molecule has 0 aliphatic rings. The van der Waals surface area contributed by atoms with Gasteiger partial charge >= 0.3 is 0 Å². The highest BCUT2D eigenvalue weighted by Crippen LogP contribution is 2.26. The molecule has 0 bridgehead atoms. The number of carbonyl (C=O) groups excluding carboxylic acids is 1. The normalized spacial score (nSPS) is 10.8. The van der Waals surface area contributed by atoms with Gasteiger partial charge in [0.15, 0.2) is 5.82 Å². The van der Waals surface area contributed by atoms with Crippen LogP contribution in [0.25, 0.3) is 0 Å². The van der Waals surface area contributed by atoms with Gasteiger partial charge in [-0.2, -0.15) is 5.10 Å². The number of hydrogen-bond acceptors (Lipinski definition) is 2. The molecule has 1 aromatic heterocycles. The van der Waals surface area contributed by atoms with Gasteiger partial charge < -0.3 is 5.32 Å². The van der Waals surface area contributed by atoms with E-state index in [1.165, 1.54) is 0 Å². The highest BCUT2D eigenvalue weighted by atomic mass is 35.5. The Morgan fingerprint density at radius 1 is 1.08 bits per heavy atom. The van der Waals surface area contributed by atoms with Crippen LogP contribution in [0.2, 0.25) is 20.1 Å². The van der Waals surface area contributed by atoms with Crippen molar-refractivity contribution in [2.24, 2.45) is 0 Å². The van der Waals surface area contributed by atoms with Crippen LogP contribution in [0.3, 0.4) is 0 Å². The van der Waals surface area contributed by atoms with Gasteiger partial charge in [0.1, 0.15) is 0 Å². The molecule has 1 N–H and O–H groups in total. The van der Waals surface area contributed by atoms with Crippen LogP contribution in [0, 0.1) is 6.92 Å². The Hall–Kier alpha value is -1.72. The van der Waals surface area contributed by atoms with Crippen LogP contribution >= 0.6 is 46.4 Å². The van der Waals surface area contributed by atoms with Crippen molar-refractivity contribution in [1.82, 2.24) is 9.78 Å². The van der Waals surface area contributed by atoms with E-state index in [0.717, 1.165) is 11.3 Å². The summed E-state index contributed by atoms with van der Waals surface area (Å²) in [6, 6.07) is 11.9.